The molecule has 15 heavy (non-hydrogen) atoms. The molecule has 0 aromatic carbocycles. The van der Waals surface area contributed by atoms with Gasteiger partial charge in [0.1, 0.15) is 0 Å². The monoisotopic (exact) mass is 224 g/mol. The van der Waals surface area contributed by atoms with Crippen LogP contribution in [0, 0.1) is 0 Å². The van der Waals surface area contributed by atoms with E-state index in [9.17, 15) is 13.2 Å². The van der Waals surface area contributed by atoms with Gasteiger partial charge in [-0.1, -0.05) is 5.16 Å². The van der Waals surface area contributed by atoms with Gasteiger partial charge in [-0.2, -0.15) is 13.2 Å². The quantitative estimate of drug-likeness (QED) is 0.811. The molecule has 0 fully saturated rings. The van der Waals surface area contributed by atoms with Gasteiger partial charge in [-0.05, 0) is 0 Å². The number of halogens is 3. The van der Waals surface area contributed by atoms with E-state index in [1.54, 1.807) is 0 Å². The van der Waals surface area contributed by atoms with Crippen LogP contribution in [0.2, 0.25) is 0 Å². The number of hydrogen-bond acceptors (Lipinski definition) is 4. The molecular formula is C8H11F3N2O2. The van der Waals surface area contributed by atoms with Gasteiger partial charge in [0, 0.05) is 12.6 Å². The van der Waals surface area contributed by atoms with Crippen molar-refractivity contribution in [2.75, 3.05) is 19.7 Å². The molecule has 1 rings (SSSR count). The zero-order chi connectivity index (χ0) is 11.3. The molecule has 0 amide bonds. The van der Waals surface area contributed by atoms with Crippen molar-refractivity contribution < 1.29 is 22.8 Å². The Morgan fingerprint density at radius 2 is 2.20 bits per heavy atom. The van der Waals surface area contributed by atoms with E-state index in [4.69, 9.17) is 5.11 Å². The minimum atomic E-state index is -4.28. The summed E-state index contributed by atoms with van der Waals surface area (Å²) in [4.78, 5) is 1.04. The number of rotatable bonds is 5. The Bertz CT molecular complexity index is 274. The molecule has 4 nitrogen and oxygen atoms in total. The Hall–Kier alpha value is -1.08. The van der Waals surface area contributed by atoms with Crippen LogP contribution in [-0.2, 0) is 6.54 Å². The third kappa shape index (κ3) is 4.80. The number of hydrogen-bond donors (Lipinski definition) is 1. The minimum absolute atomic E-state index is 0.0138. The summed E-state index contributed by atoms with van der Waals surface area (Å²) in [5.74, 6) is 0.340. The van der Waals surface area contributed by atoms with Crippen molar-refractivity contribution in [1.82, 2.24) is 10.1 Å². The molecule has 0 aliphatic carbocycles. The van der Waals surface area contributed by atoms with Crippen LogP contribution in [0.15, 0.2) is 16.8 Å². The molecule has 0 atom stereocenters. The van der Waals surface area contributed by atoms with Crippen LogP contribution in [0.5, 0.6) is 0 Å². The summed E-state index contributed by atoms with van der Waals surface area (Å²) in [6, 6.07) is 1.49. The number of aromatic nitrogens is 1. The molecule has 0 saturated heterocycles. The predicted octanol–water partition coefficient (Wildman–Crippen LogP) is 1.03. The molecule has 0 aliphatic heterocycles. The summed E-state index contributed by atoms with van der Waals surface area (Å²) in [5.41, 5.74) is 0. The van der Waals surface area contributed by atoms with Gasteiger partial charge in [0.15, 0.2) is 5.76 Å². The van der Waals surface area contributed by atoms with Crippen LogP contribution < -0.4 is 0 Å². The molecule has 1 aromatic heterocycles. The summed E-state index contributed by atoms with van der Waals surface area (Å²) in [6.45, 7) is -1.47. The first kappa shape index (κ1) is 12.0. The molecule has 1 N–H and O–H groups in total. The van der Waals surface area contributed by atoms with Crippen LogP contribution >= 0.6 is 0 Å². The van der Waals surface area contributed by atoms with E-state index in [0.29, 0.717) is 5.76 Å². The van der Waals surface area contributed by atoms with Gasteiger partial charge in [-0.15, -0.1) is 0 Å². The van der Waals surface area contributed by atoms with E-state index in [2.05, 4.69) is 9.68 Å². The van der Waals surface area contributed by atoms with E-state index in [-0.39, 0.29) is 19.7 Å². The van der Waals surface area contributed by atoms with Crippen LogP contribution in [-0.4, -0.2) is 41.0 Å². The van der Waals surface area contributed by atoms with Crippen LogP contribution in [0.3, 0.4) is 0 Å². The second kappa shape index (κ2) is 5.13. The molecule has 7 heteroatoms. The standard InChI is InChI=1S/C8H11F3N2O2/c9-8(10,11)6-13(3-4-14)5-7-1-2-12-15-7/h1-2,14H,3-6H2. The van der Waals surface area contributed by atoms with Crippen molar-refractivity contribution in [3.8, 4) is 0 Å². The first-order valence-corrected chi connectivity index (χ1v) is 4.31. The molecule has 0 unspecified atom stereocenters. The van der Waals surface area contributed by atoms with Crippen molar-refractivity contribution in [2.45, 2.75) is 12.7 Å². The molecule has 0 saturated carbocycles. The maximum absolute atomic E-state index is 12.1. The number of nitrogens with zero attached hydrogens (tertiary/aromatic N) is 2. The summed E-state index contributed by atoms with van der Waals surface area (Å²) in [6.07, 6.45) is -2.92. The topological polar surface area (TPSA) is 49.5 Å². The molecule has 0 spiro atoms. The van der Waals surface area contributed by atoms with Gasteiger partial charge in [-0.3, -0.25) is 4.90 Å². The van der Waals surface area contributed by atoms with Crippen molar-refractivity contribution >= 4 is 0 Å². The molecule has 0 bridgehead atoms. The largest absolute Gasteiger partial charge is 0.401 e. The highest BCUT2D eigenvalue weighted by molar-refractivity contribution is 4.92. The number of aliphatic hydroxyl groups excluding tert-OH is 1. The molecule has 0 radical (unpaired) electrons. The lowest BCUT2D eigenvalue weighted by Crippen LogP contribution is -2.35. The molecule has 86 valence electrons. The molecule has 0 aliphatic rings. The van der Waals surface area contributed by atoms with Gasteiger partial charge in [-0.25, -0.2) is 0 Å². The second-order valence-corrected chi connectivity index (χ2v) is 3.03. The van der Waals surface area contributed by atoms with Crippen LogP contribution in [0.25, 0.3) is 0 Å². The van der Waals surface area contributed by atoms with E-state index in [1.165, 1.54) is 12.3 Å². The summed E-state index contributed by atoms with van der Waals surface area (Å²) in [5, 5.41) is 12.0. The second-order valence-electron chi connectivity index (χ2n) is 3.03. The average Bonchev–Trinajstić information content (AvgIpc) is 2.54. The SMILES string of the molecule is OCCN(Cc1ccno1)CC(F)(F)F. The third-order valence-electron chi connectivity index (χ3n) is 1.69. The lowest BCUT2D eigenvalue weighted by Gasteiger charge is -2.20. The normalized spacial score (nSPS) is 12.3. The van der Waals surface area contributed by atoms with Crippen LogP contribution in [0.4, 0.5) is 13.2 Å². The predicted molar refractivity (Wildman–Crippen MR) is 44.9 cm³/mol. The maximum atomic E-state index is 12.1. The van der Waals surface area contributed by atoms with Gasteiger partial charge in [0.25, 0.3) is 0 Å². The minimum Gasteiger partial charge on any atom is -0.395 e. The fourth-order valence-electron chi connectivity index (χ4n) is 1.15. The summed E-state index contributed by atoms with van der Waals surface area (Å²) in [7, 11) is 0. The van der Waals surface area contributed by atoms with Gasteiger partial charge >= 0.3 is 6.18 Å². The summed E-state index contributed by atoms with van der Waals surface area (Å²) >= 11 is 0. The lowest BCUT2D eigenvalue weighted by molar-refractivity contribution is -0.148. The van der Waals surface area contributed by atoms with E-state index in [0.717, 1.165) is 4.90 Å². The molecular weight excluding hydrogens is 213 g/mol. The van der Waals surface area contributed by atoms with Crippen molar-refractivity contribution in [1.29, 1.82) is 0 Å². The molecule has 1 heterocycles. The van der Waals surface area contributed by atoms with E-state index in [1.807, 2.05) is 0 Å². The fourth-order valence-corrected chi connectivity index (χ4v) is 1.15. The highest BCUT2D eigenvalue weighted by atomic mass is 19.4. The maximum Gasteiger partial charge on any atom is 0.401 e. The van der Waals surface area contributed by atoms with Crippen molar-refractivity contribution in [3.63, 3.8) is 0 Å². The van der Waals surface area contributed by atoms with E-state index >= 15 is 0 Å². The Balaban J connectivity index is 2.51. The van der Waals surface area contributed by atoms with Gasteiger partial charge < -0.3 is 9.63 Å². The first-order chi connectivity index (χ1) is 7.01. The van der Waals surface area contributed by atoms with Crippen molar-refractivity contribution in [3.05, 3.63) is 18.0 Å². The average molecular weight is 224 g/mol. The first-order valence-electron chi connectivity index (χ1n) is 4.31. The zero-order valence-electron chi connectivity index (χ0n) is 7.87. The summed E-state index contributed by atoms with van der Waals surface area (Å²) < 4.78 is 40.9. The fraction of sp³-hybridized carbons (Fsp3) is 0.625. The number of aliphatic hydroxyl groups is 1. The Kier molecular flexibility index (Phi) is 4.10. The Labute approximate surface area is 84.3 Å². The highest BCUT2D eigenvalue weighted by Crippen LogP contribution is 2.17. The molecule has 1 aromatic rings. The third-order valence-corrected chi connectivity index (χ3v) is 1.69. The smallest absolute Gasteiger partial charge is 0.395 e. The van der Waals surface area contributed by atoms with Crippen molar-refractivity contribution in [2.24, 2.45) is 0 Å². The van der Waals surface area contributed by atoms with Gasteiger partial charge in [0.05, 0.1) is 25.9 Å². The lowest BCUT2D eigenvalue weighted by atomic mass is 10.4. The highest BCUT2D eigenvalue weighted by Gasteiger charge is 2.30. The van der Waals surface area contributed by atoms with Gasteiger partial charge in [0.2, 0.25) is 0 Å². The number of alkyl halides is 3. The van der Waals surface area contributed by atoms with E-state index < -0.39 is 12.7 Å². The van der Waals surface area contributed by atoms with Crippen LogP contribution in [0.1, 0.15) is 5.76 Å². The zero-order valence-corrected chi connectivity index (χ0v) is 7.87. The Morgan fingerprint density at radius 3 is 2.67 bits per heavy atom. The Morgan fingerprint density at radius 1 is 1.47 bits per heavy atom.